The number of nitrogens with zero attached hydrogens (tertiary/aromatic N) is 4. The van der Waals surface area contributed by atoms with Crippen LogP contribution >= 0.6 is 0 Å². The fourth-order valence-electron chi connectivity index (χ4n) is 12.3. The lowest BCUT2D eigenvalue weighted by Crippen LogP contribution is -2.55. The Hall–Kier alpha value is -3.77. The number of aryl methyl sites for hydroxylation is 1. The number of hydrogen-bond acceptors (Lipinski definition) is 8. The molecule has 1 aromatic heterocycles. The number of nitrogens with one attached hydrogen (secondary N) is 1. The summed E-state index contributed by atoms with van der Waals surface area (Å²) in [5.74, 6) is 0.00671. The van der Waals surface area contributed by atoms with Crippen molar-refractivity contribution in [1.82, 2.24) is 14.8 Å². The second kappa shape index (κ2) is 15.1. The summed E-state index contributed by atoms with van der Waals surface area (Å²) in [6.45, 7) is 7.23. The smallest absolute Gasteiger partial charge is 0.248 e. The van der Waals surface area contributed by atoms with Crippen LogP contribution in [0.1, 0.15) is 124 Å². The Morgan fingerprint density at radius 1 is 0.912 bits per heavy atom. The minimum atomic E-state index is -2.47. The van der Waals surface area contributed by atoms with Gasteiger partial charge in [-0.15, -0.1) is 0 Å². The van der Waals surface area contributed by atoms with Crippen molar-refractivity contribution in [2.45, 2.75) is 108 Å². The second-order valence-corrected chi connectivity index (χ2v) is 18.3. The molecule has 4 fully saturated rings. The van der Waals surface area contributed by atoms with Gasteiger partial charge in [0.05, 0.1) is 30.4 Å². The highest BCUT2D eigenvalue weighted by atomic mass is 19.3. The first-order valence-electron chi connectivity index (χ1n) is 21.3. The van der Waals surface area contributed by atoms with Gasteiger partial charge in [0, 0.05) is 62.9 Å². The Morgan fingerprint density at radius 2 is 1.70 bits per heavy atom. The number of ketones is 1. The van der Waals surface area contributed by atoms with Gasteiger partial charge in [-0.2, -0.15) is 5.10 Å². The van der Waals surface area contributed by atoms with Crippen LogP contribution in [0, 0.1) is 40.3 Å². The molecule has 9 rings (SSSR count). The molecule has 0 unspecified atom stereocenters. The zero-order valence-electron chi connectivity index (χ0n) is 33.5. The molecular formula is C45H56F3N5O4. The molecule has 0 radical (unpaired) electrons. The zero-order chi connectivity index (χ0) is 39.5. The number of halogens is 3. The van der Waals surface area contributed by atoms with Crippen molar-refractivity contribution >= 4 is 17.2 Å². The van der Waals surface area contributed by atoms with E-state index in [1.165, 1.54) is 24.9 Å². The first-order chi connectivity index (χ1) is 27.4. The van der Waals surface area contributed by atoms with Crippen LogP contribution in [-0.2, 0) is 16.5 Å². The van der Waals surface area contributed by atoms with Gasteiger partial charge in [-0.3, -0.25) is 14.5 Å². The van der Waals surface area contributed by atoms with Crippen LogP contribution in [0.25, 0.3) is 0 Å². The van der Waals surface area contributed by atoms with Gasteiger partial charge in [0.2, 0.25) is 5.92 Å². The Bertz CT molecular complexity index is 2000. The summed E-state index contributed by atoms with van der Waals surface area (Å²) in [7, 11) is 1.83. The molecule has 3 heterocycles. The highest BCUT2D eigenvalue weighted by Crippen LogP contribution is 2.67. The van der Waals surface area contributed by atoms with Gasteiger partial charge >= 0.3 is 0 Å². The lowest BCUT2D eigenvalue weighted by Gasteiger charge is -2.61. The van der Waals surface area contributed by atoms with E-state index in [1.54, 1.807) is 4.68 Å². The van der Waals surface area contributed by atoms with E-state index in [1.807, 2.05) is 31.3 Å². The Balaban J connectivity index is 0.723. The van der Waals surface area contributed by atoms with Crippen molar-refractivity contribution in [2.24, 2.45) is 46.5 Å². The van der Waals surface area contributed by atoms with Gasteiger partial charge in [0.15, 0.2) is 5.78 Å². The third kappa shape index (κ3) is 7.00. The summed E-state index contributed by atoms with van der Waals surface area (Å²) < 4.78 is 63.6. The van der Waals surface area contributed by atoms with Gasteiger partial charge in [0.25, 0.3) is 0 Å². The molecule has 4 aliphatic carbocycles. The van der Waals surface area contributed by atoms with E-state index in [4.69, 9.17) is 19.2 Å². The van der Waals surface area contributed by atoms with Crippen LogP contribution in [0.2, 0.25) is 0 Å². The fourth-order valence-corrected chi connectivity index (χ4v) is 12.3. The van der Waals surface area contributed by atoms with Crippen LogP contribution < -0.4 is 10.1 Å². The van der Waals surface area contributed by atoms with E-state index in [-0.39, 0.29) is 60.0 Å². The van der Waals surface area contributed by atoms with Crippen molar-refractivity contribution in [1.29, 1.82) is 0 Å². The van der Waals surface area contributed by atoms with Crippen molar-refractivity contribution in [3.63, 3.8) is 0 Å². The van der Waals surface area contributed by atoms with Gasteiger partial charge in [-0.25, -0.2) is 18.2 Å². The molecule has 9 atom stereocenters. The maximum Gasteiger partial charge on any atom is 0.248 e. The van der Waals surface area contributed by atoms with Crippen molar-refractivity contribution < 1.29 is 32.2 Å². The van der Waals surface area contributed by atoms with E-state index < -0.39 is 11.7 Å². The largest absolute Gasteiger partial charge is 0.494 e. The van der Waals surface area contributed by atoms with Crippen molar-refractivity contribution in [3.05, 3.63) is 71.1 Å². The molecule has 0 bridgehead atoms. The molecule has 306 valence electrons. The third-order valence-corrected chi connectivity index (χ3v) is 15.3. The van der Waals surface area contributed by atoms with E-state index in [2.05, 4.69) is 29.2 Å². The SMILES string of the molecule is Cn1ncnc1[C@H]1C2=NCC(=O)c3cc(F)cc(c32)N[C@@H]1c1ccc(OCCCOCCCO[C@H]2CC[C@H]3[C@@H]4CC[C@H]5CC(F)(F)CC[C@]5(C)[C@H]4CC[C@]23C)cc1. The molecule has 12 heteroatoms. The number of rotatable bonds is 12. The molecule has 6 aliphatic rings. The van der Waals surface area contributed by atoms with E-state index in [0.717, 1.165) is 56.3 Å². The molecule has 0 amide bonds. The molecule has 9 nitrogen and oxygen atoms in total. The summed E-state index contributed by atoms with van der Waals surface area (Å²) >= 11 is 0. The molecule has 2 aliphatic heterocycles. The number of carbonyl (C=O) groups excluding carboxylic acids is 1. The number of anilines is 1. The number of aromatic nitrogens is 3. The monoisotopic (exact) mass is 787 g/mol. The number of carbonyl (C=O) groups is 1. The zero-order valence-corrected chi connectivity index (χ0v) is 33.5. The summed E-state index contributed by atoms with van der Waals surface area (Å²) in [6.07, 6.45) is 10.9. The first kappa shape index (κ1) is 38.7. The maximum absolute atomic E-state index is 14.7. The topological polar surface area (TPSA) is 99.9 Å². The van der Waals surface area contributed by atoms with E-state index in [0.29, 0.717) is 79.0 Å². The van der Waals surface area contributed by atoms with Crippen molar-refractivity contribution in [3.8, 4) is 5.75 Å². The Morgan fingerprint density at radius 3 is 2.49 bits per heavy atom. The first-order valence-corrected chi connectivity index (χ1v) is 21.3. The summed E-state index contributed by atoms with van der Waals surface area (Å²) in [4.78, 5) is 22.0. The van der Waals surface area contributed by atoms with Gasteiger partial charge < -0.3 is 19.5 Å². The van der Waals surface area contributed by atoms with Crippen LogP contribution in [-0.4, -0.2) is 71.3 Å². The summed E-state index contributed by atoms with van der Waals surface area (Å²) in [5.41, 5.74) is 3.44. The van der Waals surface area contributed by atoms with Crippen LogP contribution in [0.5, 0.6) is 5.75 Å². The number of alkyl halides is 2. The lowest BCUT2D eigenvalue weighted by molar-refractivity contribution is -0.169. The quantitative estimate of drug-likeness (QED) is 0.183. The molecule has 1 N–H and O–H groups in total. The van der Waals surface area contributed by atoms with E-state index >= 15 is 0 Å². The standard InChI is InChI=1S/C45H56F3N5O4/c1-43-16-17-45(47,48)24-28(43)8-11-31-33-12-13-37(44(33,2)15-14-34(31)43)57-21-5-19-55-18-4-20-56-30-9-6-27(7-10-30)40-39(42-50-26-51-53(42)3)41-38-32(36(54)25-49-41)22-29(46)23-35(38)52-40/h6-7,9-10,22-23,26,28,31,33-34,37,39-40,52H,4-5,8,11-21,24-25H2,1-3H3/t28-,31-,33-,34-,37-,39+,40+,43-,44-/m0/s1. The number of aliphatic imine (C=N–C) groups is 1. The molecule has 0 spiro atoms. The Kier molecular flexibility index (Phi) is 10.3. The highest BCUT2D eigenvalue weighted by Gasteiger charge is 2.62. The normalized spacial score (nSPS) is 33.7. The van der Waals surface area contributed by atoms with Gasteiger partial charge in [-0.1, -0.05) is 26.0 Å². The van der Waals surface area contributed by atoms with Crippen LogP contribution in [0.3, 0.4) is 0 Å². The molecular weight excluding hydrogens is 732 g/mol. The van der Waals surface area contributed by atoms with Gasteiger partial charge in [-0.05, 0) is 116 Å². The minimum absolute atomic E-state index is 0.0326. The third-order valence-electron chi connectivity index (χ3n) is 15.3. The second-order valence-electron chi connectivity index (χ2n) is 18.3. The number of hydrogen-bond donors (Lipinski definition) is 1. The molecule has 57 heavy (non-hydrogen) atoms. The average molecular weight is 788 g/mol. The fraction of sp³-hybridized carbons (Fsp3) is 0.644. The van der Waals surface area contributed by atoms with Crippen LogP contribution in [0.15, 0.2) is 47.7 Å². The van der Waals surface area contributed by atoms with E-state index in [9.17, 15) is 18.0 Å². The summed E-state index contributed by atoms with van der Waals surface area (Å²) in [5, 5.41) is 7.79. The maximum atomic E-state index is 14.7. The molecule has 4 saturated carbocycles. The highest BCUT2D eigenvalue weighted by molar-refractivity contribution is 6.21. The van der Waals surface area contributed by atoms with Gasteiger partial charge in [0.1, 0.15) is 30.3 Å². The number of ether oxygens (including phenoxy) is 3. The lowest BCUT2D eigenvalue weighted by atomic mass is 9.45. The predicted octanol–water partition coefficient (Wildman–Crippen LogP) is 9.13. The molecule has 0 saturated heterocycles. The average Bonchev–Trinajstić information content (AvgIpc) is 3.77. The number of benzene rings is 2. The summed E-state index contributed by atoms with van der Waals surface area (Å²) in [6, 6.07) is 10.3. The van der Waals surface area contributed by atoms with Crippen LogP contribution in [0.4, 0.5) is 18.9 Å². The molecule has 3 aromatic rings. The number of Topliss-reactive ketones (excluding diaryl/α,β-unsaturated/α-hetero) is 1. The van der Waals surface area contributed by atoms with Crippen molar-refractivity contribution in [2.75, 3.05) is 38.3 Å². The Labute approximate surface area is 333 Å². The predicted molar refractivity (Wildman–Crippen MR) is 211 cm³/mol. The number of fused-ring (bicyclic) bond motifs is 5. The molecule has 2 aromatic carbocycles. The minimum Gasteiger partial charge on any atom is -0.494 e.